The summed E-state index contributed by atoms with van der Waals surface area (Å²) in [6, 6.07) is 11.3. The molecule has 0 atom stereocenters. The van der Waals surface area contributed by atoms with Crippen molar-refractivity contribution in [2.75, 3.05) is 14.2 Å². The largest absolute Gasteiger partial charge is 0.494 e. The van der Waals surface area contributed by atoms with E-state index in [9.17, 15) is 0 Å². The molecule has 0 radical (unpaired) electrons. The van der Waals surface area contributed by atoms with Crippen molar-refractivity contribution in [2.45, 2.75) is 6.92 Å². The number of hydrogen-bond donors (Lipinski definition) is 0. The van der Waals surface area contributed by atoms with Crippen LogP contribution in [0.4, 0.5) is 0 Å². The number of aryl methyl sites for hydroxylation is 1. The molecule has 0 saturated heterocycles. The lowest BCUT2D eigenvalue weighted by atomic mass is 10.2. The summed E-state index contributed by atoms with van der Waals surface area (Å²) in [5.74, 6) is 2.73. The third kappa shape index (κ3) is 2.28. The quantitative estimate of drug-likeness (QED) is 0.740. The van der Waals surface area contributed by atoms with Crippen molar-refractivity contribution in [3.63, 3.8) is 0 Å². The van der Waals surface area contributed by atoms with Crippen LogP contribution in [0, 0.1) is 6.92 Å². The van der Waals surface area contributed by atoms with Gasteiger partial charge in [-0.1, -0.05) is 12.1 Å². The van der Waals surface area contributed by atoms with Crippen molar-refractivity contribution in [3.8, 4) is 28.7 Å². The fourth-order valence-electron chi connectivity index (χ4n) is 2.34. The first kappa shape index (κ1) is 14.1. The van der Waals surface area contributed by atoms with E-state index in [0.717, 1.165) is 17.2 Å². The van der Waals surface area contributed by atoms with Gasteiger partial charge in [-0.2, -0.15) is 0 Å². The number of methoxy groups -OCH3 is 2. The minimum atomic E-state index is 0.640. The summed E-state index contributed by atoms with van der Waals surface area (Å²) >= 11 is 0. The highest BCUT2D eigenvalue weighted by atomic mass is 16.5. The maximum atomic E-state index is 5.48. The molecule has 0 unspecified atom stereocenters. The molecule has 6 heteroatoms. The maximum absolute atomic E-state index is 5.48. The van der Waals surface area contributed by atoms with Crippen LogP contribution >= 0.6 is 0 Å². The number of nitrogens with zero attached hydrogens (tertiary/aromatic N) is 4. The molecule has 0 aliphatic rings. The Morgan fingerprint density at radius 3 is 2.23 bits per heavy atom. The molecule has 3 aromatic rings. The van der Waals surface area contributed by atoms with Crippen molar-refractivity contribution < 1.29 is 9.47 Å². The summed E-state index contributed by atoms with van der Waals surface area (Å²) in [5.41, 5.74) is 1.49. The molecule has 2 heterocycles. The van der Waals surface area contributed by atoms with Crippen molar-refractivity contribution in [2.24, 2.45) is 0 Å². The van der Waals surface area contributed by atoms with Crippen LogP contribution in [0.2, 0.25) is 0 Å². The Morgan fingerprint density at radius 2 is 1.64 bits per heavy atom. The summed E-state index contributed by atoms with van der Waals surface area (Å²) in [6.07, 6.45) is 1.73. The molecule has 0 aliphatic heterocycles. The van der Waals surface area contributed by atoms with Crippen LogP contribution in [0.15, 0.2) is 42.6 Å². The van der Waals surface area contributed by atoms with Gasteiger partial charge in [0.25, 0.3) is 0 Å². The van der Waals surface area contributed by atoms with Gasteiger partial charge in [-0.15, -0.1) is 10.2 Å². The normalized spacial score (nSPS) is 10.5. The van der Waals surface area contributed by atoms with Crippen LogP contribution in [0.25, 0.3) is 17.2 Å². The number of ether oxygens (including phenoxy) is 2. The fraction of sp³-hybridized carbons (Fsp3) is 0.188. The molecule has 112 valence electrons. The zero-order chi connectivity index (χ0) is 15.5. The average Bonchev–Trinajstić information content (AvgIpc) is 2.96. The zero-order valence-electron chi connectivity index (χ0n) is 12.6. The summed E-state index contributed by atoms with van der Waals surface area (Å²) in [6.45, 7) is 1.88. The van der Waals surface area contributed by atoms with E-state index in [1.807, 2.05) is 47.9 Å². The molecule has 0 saturated carbocycles. The van der Waals surface area contributed by atoms with Crippen LogP contribution in [0.5, 0.6) is 11.5 Å². The Bertz CT molecular complexity index is 762. The first-order valence-corrected chi connectivity index (χ1v) is 6.81. The van der Waals surface area contributed by atoms with Gasteiger partial charge in [0.2, 0.25) is 0 Å². The van der Waals surface area contributed by atoms with Crippen molar-refractivity contribution >= 4 is 0 Å². The predicted molar refractivity (Wildman–Crippen MR) is 82.4 cm³/mol. The molecule has 2 aromatic heterocycles. The molecule has 6 nitrogen and oxygen atoms in total. The second-order valence-corrected chi connectivity index (χ2v) is 4.63. The standard InChI is InChI=1S/C16H16N4O2/c1-11-18-19-16(12-7-4-5-10-17-12)20(11)15-13(21-2)8-6-9-14(15)22-3/h4-10H,1-3H3. The fourth-order valence-corrected chi connectivity index (χ4v) is 2.34. The number of para-hydroxylation sites is 1. The second kappa shape index (κ2) is 5.85. The van der Waals surface area contributed by atoms with Crippen LogP contribution in [0.1, 0.15) is 5.82 Å². The van der Waals surface area contributed by atoms with Gasteiger partial charge in [-0.25, -0.2) is 0 Å². The smallest absolute Gasteiger partial charge is 0.187 e. The third-order valence-corrected chi connectivity index (χ3v) is 3.34. The highest BCUT2D eigenvalue weighted by molar-refractivity contribution is 5.63. The summed E-state index contributed by atoms with van der Waals surface area (Å²) in [4.78, 5) is 4.35. The summed E-state index contributed by atoms with van der Waals surface area (Å²) in [7, 11) is 3.25. The van der Waals surface area contributed by atoms with Crippen LogP contribution < -0.4 is 9.47 Å². The van der Waals surface area contributed by atoms with E-state index < -0.39 is 0 Å². The van der Waals surface area contributed by atoms with E-state index in [0.29, 0.717) is 17.3 Å². The maximum Gasteiger partial charge on any atom is 0.187 e. The Labute approximate surface area is 128 Å². The molecule has 3 rings (SSSR count). The lowest BCUT2D eigenvalue weighted by molar-refractivity contribution is 0.391. The van der Waals surface area contributed by atoms with Crippen molar-refractivity contribution in [3.05, 3.63) is 48.4 Å². The minimum absolute atomic E-state index is 0.640. The van der Waals surface area contributed by atoms with Crippen LogP contribution in [0.3, 0.4) is 0 Å². The summed E-state index contributed by atoms with van der Waals surface area (Å²) in [5, 5.41) is 8.43. The third-order valence-electron chi connectivity index (χ3n) is 3.34. The molecule has 0 N–H and O–H groups in total. The van der Waals surface area contributed by atoms with Gasteiger partial charge >= 0.3 is 0 Å². The van der Waals surface area contributed by atoms with Crippen LogP contribution in [-0.4, -0.2) is 34.0 Å². The highest BCUT2D eigenvalue weighted by Crippen LogP contribution is 2.35. The number of pyridine rings is 1. The molecule has 0 aliphatic carbocycles. The zero-order valence-corrected chi connectivity index (χ0v) is 12.6. The van der Waals surface area contributed by atoms with E-state index in [-0.39, 0.29) is 0 Å². The van der Waals surface area contributed by atoms with Crippen LogP contribution in [-0.2, 0) is 0 Å². The minimum Gasteiger partial charge on any atom is -0.494 e. The Hall–Kier alpha value is -2.89. The Kier molecular flexibility index (Phi) is 3.74. The van der Waals surface area contributed by atoms with Gasteiger partial charge in [0.1, 0.15) is 28.7 Å². The number of benzene rings is 1. The van der Waals surface area contributed by atoms with E-state index in [2.05, 4.69) is 15.2 Å². The van der Waals surface area contributed by atoms with Gasteiger partial charge in [0.05, 0.1) is 14.2 Å². The number of hydrogen-bond acceptors (Lipinski definition) is 5. The molecular weight excluding hydrogens is 280 g/mol. The van der Waals surface area contributed by atoms with Gasteiger partial charge in [0.15, 0.2) is 5.82 Å². The average molecular weight is 296 g/mol. The van der Waals surface area contributed by atoms with E-state index in [1.54, 1.807) is 20.4 Å². The molecule has 1 aromatic carbocycles. The van der Waals surface area contributed by atoms with Crippen molar-refractivity contribution in [1.29, 1.82) is 0 Å². The van der Waals surface area contributed by atoms with Gasteiger partial charge in [0, 0.05) is 6.20 Å². The Balaban J connectivity index is 2.28. The second-order valence-electron chi connectivity index (χ2n) is 4.63. The molecule has 0 bridgehead atoms. The van der Waals surface area contributed by atoms with Crippen molar-refractivity contribution in [1.82, 2.24) is 19.7 Å². The predicted octanol–water partition coefficient (Wildman–Crippen LogP) is 2.65. The topological polar surface area (TPSA) is 62.1 Å². The molecule has 22 heavy (non-hydrogen) atoms. The van der Waals surface area contributed by atoms with E-state index >= 15 is 0 Å². The van der Waals surface area contributed by atoms with Gasteiger partial charge in [-0.05, 0) is 31.2 Å². The number of rotatable bonds is 4. The lowest BCUT2D eigenvalue weighted by Gasteiger charge is -2.16. The SMILES string of the molecule is COc1cccc(OC)c1-n1c(C)nnc1-c1ccccn1. The number of aromatic nitrogens is 4. The molecular formula is C16H16N4O2. The first-order chi connectivity index (χ1) is 10.8. The van der Waals surface area contributed by atoms with E-state index in [4.69, 9.17) is 9.47 Å². The summed E-state index contributed by atoms with van der Waals surface area (Å²) < 4.78 is 12.9. The Morgan fingerprint density at radius 1 is 0.909 bits per heavy atom. The molecule has 0 amide bonds. The highest BCUT2D eigenvalue weighted by Gasteiger charge is 2.20. The first-order valence-electron chi connectivity index (χ1n) is 6.81. The monoisotopic (exact) mass is 296 g/mol. The van der Waals surface area contributed by atoms with E-state index in [1.165, 1.54) is 0 Å². The lowest BCUT2D eigenvalue weighted by Crippen LogP contribution is -2.05. The van der Waals surface area contributed by atoms with Gasteiger partial charge < -0.3 is 9.47 Å². The van der Waals surface area contributed by atoms with Gasteiger partial charge in [-0.3, -0.25) is 9.55 Å². The molecule has 0 spiro atoms. The molecule has 0 fully saturated rings.